The fraction of sp³-hybridized carbons (Fsp3) is 0.357. The third-order valence-corrected chi connectivity index (χ3v) is 6.11. The first kappa shape index (κ1) is 18.4. The number of nitrogens with one attached hydrogen (secondary N) is 1. The van der Waals surface area contributed by atoms with Crippen LogP contribution in [-0.4, -0.2) is 38.8 Å². The molecule has 0 aliphatic carbocycles. The molecule has 0 fully saturated rings. The highest BCUT2D eigenvalue weighted by molar-refractivity contribution is 8.77. The van der Waals surface area contributed by atoms with Crippen LogP contribution in [0.2, 0.25) is 0 Å². The van der Waals surface area contributed by atoms with Gasteiger partial charge in [-0.25, -0.2) is 9.59 Å². The Labute approximate surface area is 136 Å². The summed E-state index contributed by atoms with van der Waals surface area (Å²) in [5.41, 5.74) is 0.155. The Morgan fingerprint density at radius 2 is 1.77 bits per heavy atom. The van der Waals surface area contributed by atoms with Crippen LogP contribution >= 0.6 is 21.6 Å². The number of carboxylic acid groups (broad SMARTS) is 2. The summed E-state index contributed by atoms with van der Waals surface area (Å²) in [7, 11) is 2.38. The van der Waals surface area contributed by atoms with Crippen molar-refractivity contribution >= 4 is 39.4 Å². The summed E-state index contributed by atoms with van der Waals surface area (Å²) < 4.78 is -0.839. The van der Waals surface area contributed by atoms with Crippen LogP contribution in [0, 0.1) is 0 Å². The highest BCUT2D eigenvalue weighted by Gasteiger charge is 2.37. The minimum absolute atomic E-state index is 0.155. The van der Waals surface area contributed by atoms with Crippen molar-refractivity contribution in [1.82, 2.24) is 5.32 Å². The molecular formula is C14H17NO5S2. The number of amides is 1. The van der Waals surface area contributed by atoms with Crippen molar-refractivity contribution < 1.29 is 24.6 Å². The van der Waals surface area contributed by atoms with Crippen molar-refractivity contribution in [3.8, 4) is 0 Å². The van der Waals surface area contributed by atoms with Crippen LogP contribution < -0.4 is 5.32 Å². The number of benzene rings is 1. The molecule has 1 rings (SSSR count). The summed E-state index contributed by atoms with van der Waals surface area (Å²) in [6.07, 6.45) is 0. The molecule has 0 aliphatic heterocycles. The van der Waals surface area contributed by atoms with E-state index in [0.717, 1.165) is 0 Å². The molecule has 8 heteroatoms. The van der Waals surface area contributed by atoms with E-state index < -0.39 is 28.6 Å². The van der Waals surface area contributed by atoms with E-state index in [1.165, 1.54) is 34.6 Å². The Balaban J connectivity index is 2.90. The predicted molar refractivity (Wildman–Crippen MR) is 86.2 cm³/mol. The Morgan fingerprint density at radius 1 is 1.18 bits per heavy atom. The van der Waals surface area contributed by atoms with Crippen molar-refractivity contribution in [3.63, 3.8) is 0 Å². The minimum atomic E-state index is -1.14. The van der Waals surface area contributed by atoms with Gasteiger partial charge >= 0.3 is 11.9 Å². The number of hydrogen-bond acceptors (Lipinski definition) is 5. The van der Waals surface area contributed by atoms with Crippen LogP contribution in [0.25, 0.3) is 0 Å². The summed E-state index contributed by atoms with van der Waals surface area (Å²) in [6.45, 7) is 4.62. The molecule has 0 spiro atoms. The minimum Gasteiger partial charge on any atom is -0.480 e. The Kier molecular flexibility index (Phi) is 6.31. The van der Waals surface area contributed by atoms with Gasteiger partial charge in [-0.2, -0.15) is 0 Å². The van der Waals surface area contributed by atoms with Gasteiger partial charge in [-0.05, 0) is 26.0 Å². The standard InChI is InChI=1S/C14H17NO5S2/c1-8(16)15-11(13(19)20)14(2,3)22-21-10-7-5-4-6-9(10)12(17)18/h4-7,11H,1-3H3,(H,15,16)(H,17,18)(H,19,20). The van der Waals surface area contributed by atoms with Crippen LogP contribution in [0.3, 0.4) is 0 Å². The quantitative estimate of drug-likeness (QED) is 0.653. The lowest BCUT2D eigenvalue weighted by atomic mass is 10.0. The monoisotopic (exact) mass is 343 g/mol. The molecule has 3 N–H and O–H groups in total. The summed E-state index contributed by atoms with van der Waals surface area (Å²) >= 11 is 0. The van der Waals surface area contributed by atoms with E-state index in [1.807, 2.05) is 0 Å². The molecule has 0 aromatic heterocycles. The fourth-order valence-corrected chi connectivity index (χ4v) is 4.23. The molecule has 0 radical (unpaired) electrons. The van der Waals surface area contributed by atoms with Gasteiger partial charge in [-0.1, -0.05) is 33.7 Å². The normalized spacial score (nSPS) is 12.5. The molecule has 0 aliphatic rings. The second-order valence-electron chi connectivity index (χ2n) is 5.04. The summed E-state index contributed by atoms with van der Waals surface area (Å²) in [4.78, 5) is 34.2. The van der Waals surface area contributed by atoms with Crippen molar-refractivity contribution in [2.75, 3.05) is 0 Å². The number of aromatic carboxylic acids is 1. The number of carboxylic acids is 2. The van der Waals surface area contributed by atoms with Gasteiger partial charge in [0.25, 0.3) is 0 Å². The first-order valence-electron chi connectivity index (χ1n) is 6.33. The number of hydrogen-bond donors (Lipinski definition) is 3. The molecule has 22 heavy (non-hydrogen) atoms. The van der Waals surface area contributed by atoms with E-state index >= 15 is 0 Å². The molecule has 6 nitrogen and oxygen atoms in total. The Hall–Kier alpha value is -1.67. The lowest BCUT2D eigenvalue weighted by molar-refractivity contribution is -0.142. The van der Waals surface area contributed by atoms with E-state index in [2.05, 4.69) is 5.32 Å². The molecular weight excluding hydrogens is 326 g/mol. The molecule has 120 valence electrons. The zero-order valence-corrected chi connectivity index (χ0v) is 14.0. The van der Waals surface area contributed by atoms with Gasteiger partial charge in [0.05, 0.1) is 10.3 Å². The highest BCUT2D eigenvalue weighted by Crippen LogP contribution is 2.43. The molecule has 0 saturated carbocycles. The van der Waals surface area contributed by atoms with Crippen molar-refractivity contribution in [1.29, 1.82) is 0 Å². The van der Waals surface area contributed by atoms with Crippen molar-refractivity contribution in [2.24, 2.45) is 0 Å². The van der Waals surface area contributed by atoms with Gasteiger partial charge in [0.2, 0.25) is 5.91 Å². The van der Waals surface area contributed by atoms with Crippen molar-refractivity contribution in [2.45, 2.75) is 36.5 Å². The van der Waals surface area contributed by atoms with Crippen LogP contribution in [-0.2, 0) is 9.59 Å². The number of carbonyl (C=O) groups excluding carboxylic acids is 1. The van der Waals surface area contributed by atoms with E-state index in [1.54, 1.807) is 32.0 Å². The predicted octanol–water partition coefficient (Wildman–Crippen LogP) is 2.49. The average molecular weight is 343 g/mol. The number of aliphatic carboxylic acids is 1. The van der Waals surface area contributed by atoms with Crippen LogP contribution in [0.5, 0.6) is 0 Å². The summed E-state index contributed by atoms with van der Waals surface area (Å²) in [6, 6.07) is 5.40. The smallest absolute Gasteiger partial charge is 0.336 e. The second-order valence-corrected chi connectivity index (χ2v) is 7.87. The van der Waals surface area contributed by atoms with E-state index in [9.17, 15) is 19.5 Å². The zero-order chi connectivity index (χ0) is 16.9. The van der Waals surface area contributed by atoms with Gasteiger partial charge in [-0.15, -0.1) is 0 Å². The third kappa shape index (κ3) is 4.96. The van der Waals surface area contributed by atoms with Gasteiger partial charge in [0.1, 0.15) is 6.04 Å². The van der Waals surface area contributed by atoms with E-state index in [4.69, 9.17) is 5.11 Å². The molecule has 1 aromatic rings. The maximum absolute atomic E-state index is 11.3. The molecule has 1 unspecified atom stereocenters. The summed E-state index contributed by atoms with van der Waals surface area (Å²) in [5.74, 6) is -2.62. The third-order valence-electron chi connectivity index (χ3n) is 2.75. The maximum Gasteiger partial charge on any atom is 0.336 e. The molecule has 0 saturated heterocycles. The summed E-state index contributed by atoms with van der Waals surface area (Å²) in [5, 5.41) is 20.8. The molecule has 0 bridgehead atoms. The Morgan fingerprint density at radius 3 is 2.27 bits per heavy atom. The van der Waals surface area contributed by atoms with Crippen molar-refractivity contribution in [3.05, 3.63) is 29.8 Å². The molecule has 0 heterocycles. The second kappa shape index (κ2) is 7.55. The average Bonchev–Trinajstić information content (AvgIpc) is 2.42. The lowest BCUT2D eigenvalue weighted by Gasteiger charge is -2.30. The van der Waals surface area contributed by atoms with Crippen LogP contribution in [0.4, 0.5) is 0 Å². The maximum atomic E-state index is 11.3. The van der Waals surface area contributed by atoms with Gasteiger partial charge in [0.15, 0.2) is 0 Å². The number of carbonyl (C=O) groups is 3. The Bertz CT molecular complexity index is 588. The first-order chi connectivity index (χ1) is 10.1. The van der Waals surface area contributed by atoms with E-state index in [-0.39, 0.29) is 5.56 Å². The largest absolute Gasteiger partial charge is 0.480 e. The molecule has 1 amide bonds. The first-order valence-corrected chi connectivity index (χ1v) is 8.48. The SMILES string of the molecule is CC(=O)NC(C(=O)O)C(C)(C)SSc1ccccc1C(=O)O. The van der Waals surface area contributed by atoms with Gasteiger partial charge < -0.3 is 15.5 Å². The van der Waals surface area contributed by atoms with Crippen LogP contribution in [0.15, 0.2) is 29.2 Å². The number of rotatable bonds is 7. The van der Waals surface area contributed by atoms with Crippen LogP contribution in [0.1, 0.15) is 31.1 Å². The molecule has 1 atom stereocenters. The fourth-order valence-electron chi connectivity index (χ4n) is 1.65. The lowest BCUT2D eigenvalue weighted by Crippen LogP contribution is -2.51. The van der Waals surface area contributed by atoms with Gasteiger partial charge in [-0.3, -0.25) is 4.79 Å². The highest BCUT2D eigenvalue weighted by atomic mass is 33.1. The van der Waals surface area contributed by atoms with Gasteiger partial charge in [0, 0.05) is 11.8 Å². The molecule has 1 aromatic carbocycles. The van der Waals surface area contributed by atoms with E-state index in [0.29, 0.717) is 4.90 Å². The zero-order valence-electron chi connectivity index (χ0n) is 12.3. The topological polar surface area (TPSA) is 104 Å².